The highest BCUT2D eigenvalue weighted by molar-refractivity contribution is 14.1. The second-order valence-corrected chi connectivity index (χ2v) is 4.54. The molecule has 0 aliphatic carbocycles. The minimum absolute atomic E-state index is 0.329. The number of benzene rings is 1. The molecule has 0 aliphatic heterocycles. The molecule has 0 unspecified atom stereocenters. The van der Waals surface area contributed by atoms with Gasteiger partial charge in [-0.2, -0.15) is 0 Å². The van der Waals surface area contributed by atoms with Gasteiger partial charge in [0.25, 0.3) is 0 Å². The van der Waals surface area contributed by atoms with Crippen LogP contribution in [0.4, 0.5) is 0 Å². The van der Waals surface area contributed by atoms with Crippen LogP contribution < -0.4 is 0 Å². The van der Waals surface area contributed by atoms with Crippen molar-refractivity contribution in [2.45, 2.75) is 0 Å². The Labute approximate surface area is 105 Å². The van der Waals surface area contributed by atoms with Crippen molar-refractivity contribution in [1.82, 2.24) is 0 Å². The van der Waals surface area contributed by atoms with Crippen LogP contribution in [0.3, 0.4) is 0 Å². The molecule has 0 saturated carbocycles. The van der Waals surface area contributed by atoms with Crippen molar-refractivity contribution in [3.05, 3.63) is 44.7 Å². The molecular weight excluding hydrogens is 326 g/mol. The summed E-state index contributed by atoms with van der Waals surface area (Å²) in [6, 6.07) is 8.93. The zero-order chi connectivity index (χ0) is 10.8. The van der Waals surface area contributed by atoms with Gasteiger partial charge in [0.15, 0.2) is 12.0 Å². The molecule has 2 rings (SSSR count). The number of hydrogen-bond acceptors (Lipinski definition) is 2. The van der Waals surface area contributed by atoms with Crippen molar-refractivity contribution in [3.63, 3.8) is 0 Å². The molecule has 2 aromatic rings. The summed E-state index contributed by atoms with van der Waals surface area (Å²) in [5.41, 5.74) is 0.938. The molecule has 0 saturated heterocycles. The molecule has 1 aromatic carbocycles. The number of furan rings is 1. The monoisotopic (exact) mass is 332 g/mol. The van der Waals surface area contributed by atoms with E-state index in [2.05, 4.69) is 22.6 Å². The van der Waals surface area contributed by atoms with Gasteiger partial charge in [0.2, 0.25) is 0 Å². The summed E-state index contributed by atoms with van der Waals surface area (Å²) in [6.07, 6.45) is 0.687. The predicted molar refractivity (Wildman–Crippen MR) is 67.3 cm³/mol. The molecule has 0 bridgehead atoms. The zero-order valence-corrected chi connectivity index (χ0v) is 10.4. The van der Waals surface area contributed by atoms with E-state index in [0.29, 0.717) is 22.8 Å². The molecule has 4 heteroatoms. The minimum Gasteiger partial charge on any atom is -0.453 e. The van der Waals surface area contributed by atoms with Crippen molar-refractivity contribution >= 4 is 40.5 Å². The minimum atomic E-state index is 0.329. The van der Waals surface area contributed by atoms with Crippen molar-refractivity contribution < 1.29 is 9.21 Å². The van der Waals surface area contributed by atoms with Crippen LogP contribution in [-0.4, -0.2) is 6.29 Å². The molecule has 0 radical (unpaired) electrons. The van der Waals surface area contributed by atoms with Crippen molar-refractivity contribution in [3.8, 4) is 11.3 Å². The summed E-state index contributed by atoms with van der Waals surface area (Å²) in [4.78, 5) is 10.5. The van der Waals surface area contributed by atoms with E-state index in [-0.39, 0.29) is 0 Å². The van der Waals surface area contributed by atoms with Crippen LogP contribution in [0.1, 0.15) is 10.6 Å². The SMILES string of the molecule is O=Cc1ccc(-c2ccc(Cl)cc2I)o1. The van der Waals surface area contributed by atoms with Gasteiger partial charge in [-0.15, -0.1) is 0 Å². The van der Waals surface area contributed by atoms with Gasteiger partial charge >= 0.3 is 0 Å². The van der Waals surface area contributed by atoms with Crippen LogP contribution in [0.2, 0.25) is 5.02 Å². The Morgan fingerprint density at radius 1 is 1.27 bits per heavy atom. The summed E-state index contributed by atoms with van der Waals surface area (Å²) in [5.74, 6) is 1.01. The van der Waals surface area contributed by atoms with Gasteiger partial charge in [-0.3, -0.25) is 4.79 Å². The molecule has 2 nitrogen and oxygen atoms in total. The second kappa shape index (κ2) is 4.37. The van der Waals surface area contributed by atoms with Crippen LogP contribution in [0.5, 0.6) is 0 Å². The van der Waals surface area contributed by atoms with Gasteiger partial charge in [-0.1, -0.05) is 11.6 Å². The first-order valence-corrected chi connectivity index (χ1v) is 5.67. The van der Waals surface area contributed by atoms with Crippen LogP contribution in [0.25, 0.3) is 11.3 Å². The number of rotatable bonds is 2. The van der Waals surface area contributed by atoms with E-state index in [4.69, 9.17) is 16.0 Å². The first kappa shape index (κ1) is 10.7. The fourth-order valence-electron chi connectivity index (χ4n) is 1.25. The van der Waals surface area contributed by atoms with E-state index in [1.807, 2.05) is 12.1 Å². The highest BCUT2D eigenvalue weighted by atomic mass is 127. The quantitative estimate of drug-likeness (QED) is 0.614. The second-order valence-electron chi connectivity index (χ2n) is 2.94. The van der Waals surface area contributed by atoms with E-state index >= 15 is 0 Å². The number of carbonyl (C=O) groups excluding carboxylic acids is 1. The number of aldehydes is 1. The fourth-order valence-corrected chi connectivity index (χ4v) is 2.39. The molecule has 0 aliphatic rings. The average molecular weight is 333 g/mol. The first-order chi connectivity index (χ1) is 7.20. The lowest BCUT2D eigenvalue weighted by Crippen LogP contribution is -1.80. The molecule has 0 atom stereocenters. The largest absolute Gasteiger partial charge is 0.453 e. The number of carbonyl (C=O) groups is 1. The van der Waals surface area contributed by atoms with Crippen LogP contribution >= 0.6 is 34.2 Å². The van der Waals surface area contributed by atoms with Gasteiger partial charge in [-0.05, 0) is 52.9 Å². The maximum atomic E-state index is 10.5. The maximum Gasteiger partial charge on any atom is 0.185 e. The molecule has 0 fully saturated rings. The van der Waals surface area contributed by atoms with Gasteiger partial charge in [0, 0.05) is 14.2 Å². The number of hydrogen-bond donors (Lipinski definition) is 0. The topological polar surface area (TPSA) is 30.2 Å². The van der Waals surface area contributed by atoms with E-state index in [1.165, 1.54) is 0 Å². The first-order valence-electron chi connectivity index (χ1n) is 4.21. The Kier molecular flexibility index (Phi) is 3.11. The van der Waals surface area contributed by atoms with Gasteiger partial charge in [0.1, 0.15) is 5.76 Å². The lowest BCUT2D eigenvalue weighted by atomic mass is 10.2. The molecule has 0 amide bonds. The third-order valence-electron chi connectivity index (χ3n) is 1.94. The molecule has 1 heterocycles. The van der Waals surface area contributed by atoms with Gasteiger partial charge < -0.3 is 4.42 Å². The predicted octanol–water partition coefficient (Wildman–Crippen LogP) is 4.02. The van der Waals surface area contributed by atoms with E-state index < -0.39 is 0 Å². The third kappa shape index (κ3) is 2.23. The summed E-state index contributed by atoms with van der Waals surface area (Å²) in [6.45, 7) is 0. The highest BCUT2D eigenvalue weighted by Crippen LogP contribution is 2.28. The zero-order valence-electron chi connectivity index (χ0n) is 7.54. The Hall–Kier alpha value is -0.810. The van der Waals surface area contributed by atoms with Crippen molar-refractivity contribution in [2.75, 3.05) is 0 Å². The smallest absolute Gasteiger partial charge is 0.185 e. The van der Waals surface area contributed by atoms with Crippen LogP contribution in [0, 0.1) is 3.57 Å². The van der Waals surface area contributed by atoms with Crippen LogP contribution in [0.15, 0.2) is 34.7 Å². The van der Waals surface area contributed by atoms with Crippen molar-refractivity contribution in [1.29, 1.82) is 0 Å². The summed E-state index contributed by atoms with van der Waals surface area (Å²) in [5, 5.41) is 0.685. The fraction of sp³-hybridized carbons (Fsp3) is 0. The molecule has 0 N–H and O–H groups in total. The van der Waals surface area contributed by atoms with Crippen LogP contribution in [-0.2, 0) is 0 Å². The standard InChI is InChI=1S/C11H6ClIO2/c12-7-1-3-9(10(13)5-7)11-4-2-8(6-14)15-11/h1-6H. The van der Waals surface area contributed by atoms with E-state index in [9.17, 15) is 4.79 Å². The van der Waals surface area contributed by atoms with Gasteiger partial charge in [-0.25, -0.2) is 0 Å². The van der Waals surface area contributed by atoms with Crippen molar-refractivity contribution in [2.24, 2.45) is 0 Å². The van der Waals surface area contributed by atoms with E-state index in [0.717, 1.165) is 9.13 Å². The lowest BCUT2D eigenvalue weighted by molar-refractivity contribution is 0.110. The Morgan fingerprint density at radius 3 is 2.67 bits per heavy atom. The molecule has 15 heavy (non-hydrogen) atoms. The Bertz CT molecular complexity index is 505. The lowest BCUT2D eigenvalue weighted by Gasteiger charge is -2.00. The molecule has 0 spiro atoms. The molecule has 1 aromatic heterocycles. The molecule has 76 valence electrons. The summed E-state index contributed by atoms with van der Waals surface area (Å²) >= 11 is 8.02. The summed E-state index contributed by atoms with van der Waals surface area (Å²) < 4.78 is 6.32. The average Bonchev–Trinajstić information content (AvgIpc) is 2.66. The number of halogens is 2. The highest BCUT2D eigenvalue weighted by Gasteiger charge is 2.08. The third-order valence-corrected chi connectivity index (χ3v) is 3.07. The summed E-state index contributed by atoms with van der Waals surface area (Å²) in [7, 11) is 0. The Morgan fingerprint density at radius 2 is 2.07 bits per heavy atom. The normalized spacial score (nSPS) is 10.3. The maximum absolute atomic E-state index is 10.5. The molecular formula is C11H6ClIO2. The Balaban J connectivity index is 2.49. The van der Waals surface area contributed by atoms with E-state index in [1.54, 1.807) is 18.2 Å². The van der Waals surface area contributed by atoms with Gasteiger partial charge in [0.05, 0.1) is 0 Å².